The molecule has 0 bridgehead atoms. The fraction of sp³-hybridized carbons (Fsp3) is 0.700. The zero-order valence-electron chi connectivity index (χ0n) is 7.88. The molecule has 0 saturated carbocycles. The van der Waals surface area contributed by atoms with Crippen LogP contribution < -0.4 is 0 Å². The molecule has 0 rings (SSSR count). The minimum absolute atomic E-state index is 0.672. The molecule has 0 aromatic carbocycles. The lowest BCUT2D eigenvalue weighted by Crippen LogP contribution is -1.90. The van der Waals surface area contributed by atoms with E-state index in [-0.39, 0.29) is 0 Å². The number of allylic oxidation sites excluding steroid dienone is 2. The van der Waals surface area contributed by atoms with E-state index in [0.29, 0.717) is 5.92 Å². The van der Waals surface area contributed by atoms with E-state index in [9.17, 15) is 0 Å². The predicted molar refractivity (Wildman–Crippen MR) is 52.2 cm³/mol. The first-order valence-electron chi connectivity index (χ1n) is 4.42. The highest BCUT2D eigenvalue weighted by Crippen LogP contribution is 1.91. The fourth-order valence-corrected chi connectivity index (χ4v) is 0.656. The maximum absolute atomic E-state index is 4.23. The fourth-order valence-electron chi connectivity index (χ4n) is 0.656. The van der Waals surface area contributed by atoms with E-state index < -0.39 is 0 Å². The van der Waals surface area contributed by atoms with Crippen molar-refractivity contribution in [3.63, 3.8) is 0 Å². The Labute approximate surface area is 70.2 Å². The molecule has 0 fully saturated rings. The van der Waals surface area contributed by atoms with E-state index in [2.05, 4.69) is 31.8 Å². The van der Waals surface area contributed by atoms with Gasteiger partial charge in [-0.1, -0.05) is 33.3 Å². The van der Waals surface area contributed by atoms with E-state index >= 15 is 0 Å². The first kappa shape index (κ1) is 10.4. The molecule has 0 heterocycles. The van der Waals surface area contributed by atoms with Gasteiger partial charge in [-0.15, -0.1) is 0 Å². The van der Waals surface area contributed by atoms with Crippen molar-refractivity contribution in [1.29, 1.82) is 0 Å². The molecular weight excluding hydrogens is 134 g/mol. The molecule has 0 amide bonds. The van der Waals surface area contributed by atoms with Gasteiger partial charge in [-0.05, 0) is 18.4 Å². The maximum atomic E-state index is 4.23. The molecule has 1 nitrogen and oxygen atoms in total. The minimum Gasteiger partial charge on any atom is -0.293 e. The van der Waals surface area contributed by atoms with E-state index in [1.807, 2.05) is 12.3 Å². The van der Waals surface area contributed by atoms with Gasteiger partial charge in [-0.3, -0.25) is 4.99 Å². The van der Waals surface area contributed by atoms with Crippen molar-refractivity contribution >= 4 is 6.21 Å². The molecule has 0 aliphatic rings. The highest BCUT2D eigenvalue weighted by Gasteiger charge is 1.85. The van der Waals surface area contributed by atoms with Crippen LogP contribution in [0.15, 0.2) is 17.1 Å². The van der Waals surface area contributed by atoms with E-state index in [1.165, 1.54) is 6.42 Å². The lowest BCUT2D eigenvalue weighted by molar-refractivity contribution is 0.667. The highest BCUT2D eigenvalue weighted by molar-refractivity contribution is 5.70. The Balaban J connectivity index is 3.28. The van der Waals surface area contributed by atoms with E-state index in [4.69, 9.17) is 0 Å². The molecule has 64 valence electrons. The molecule has 0 N–H and O–H groups in total. The molecule has 0 aromatic rings. The van der Waals surface area contributed by atoms with Crippen LogP contribution in [-0.2, 0) is 0 Å². The first-order valence-corrected chi connectivity index (χ1v) is 4.42. The summed E-state index contributed by atoms with van der Waals surface area (Å²) >= 11 is 0. The molecule has 0 aliphatic carbocycles. The maximum Gasteiger partial charge on any atom is 0.0412 e. The normalized spacial score (nSPS) is 12.4. The van der Waals surface area contributed by atoms with E-state index in [0.717, 1.165) is 13.0 Å². The van der Waals surface area contributed by atoms with Crippen LogP contribution >= 0.6 is 0 Å². The molecule has 0 spiro atoms. The van der Waals surface area contributed by atoms with Crippen molar-refractivity contribution in [2.75, 3.05) is 6.54 Å². The van der Waals surface area contributed by atoms with Gasteiger partial charge in [0.25, 0.3) is 0 Å². The third kappa shape index (κ3) is 9.41. The van der Waals surface area contributed by atoms with Crippen molar-refractivity contribution in [3.05, 3.63) is 12.2 Å². The van der Waals surface area contributed by atoms with Crippen LogP contribution in [0.3, 0.4) is 0 Å². The van der Waals surface area contributed by atoms with E-state index in [1.54, 1.807) is 0 Å². The average molecular weight is 153 g/mol. The van der Waals surface area contributed by atoms with Crippen LogP contribution in [-0.4, -0.2) is 12.8 Å². The van der Waals surface area contributed by atoms with Gasteiger partial charge >= 0.3 is 0 Å². The summed E-state index contributed by atoms with van der Waals surface area (Å²) < 4.78 is 0. The molecule has 0 unspecified atom stereocenters. The molecule has 0 aliphatic heterocycles. The van der Waals surface area contributed by atoms with Gasteiger partial charge in [-0.25, -0.2) is 0 Å². The van der Waals surface area contributed by atoms with Gasteiger partial charge < -0.3 is 0 Å². The standard InChI is InChI=1S/C10H19N/c1-4-5-6-7-8-11-9-10(2)3/h6-8,10H,4-5,9H2,1-3H3/b7-6-,11-8?. The van der Waals surface area contributed by atoms with Crippen molar-refractivity contribution in [2.24, 2.45) is 10.9 Å². The summed E-state index contributed by atoms with van der Waals surface area (Å²) in [5.41, 5.74) is 0. The van der Waals surface area contributed by atoms with Crippen molar-refractivity contribution in [3.8, 4) is 0 Å². The zero-order valence-corrected chi connectivity index (χ0v) is 7.88. The molecule has 0 atom stereocenters. The monoisotopic (exact) mass is 153 g/mol. The van der Waals surface area contributed by atoms with Crippen LogP contribution in [0.4, 0.5) is 0 Å². The minimum atomic E-state index is 0.672. The van der Waals surface area contributed by atoms with Gasteiger partial charge in [-0.2, -0.15) is 0 Å². The topological polar surface area (TPSA) is 12.4 Å². The summed E-state index contributed by atoms with van der Waals surface area (Å²) in [4.78, 5) is 4.23. The van der Waals surface area contributed by atoms with Crippen molar-refractivity contribution in [2.45, 2.75) is 33.6 Å². The summed E-state index contributed by atoms with van der Waals surface area (Å²) in [7, 11) is 0. The molecule has 11 heavy (non-hydrogen) atoms. The Bertz CT molecular complexity index is 123. The predicted octanol–water partition coefficient (Wildman–Crippen LogP) is 3.07. The molecule has 1 heteroatoms. The number of unbranched alkanes of at least 4 members (excludes halogenated alkanes) is 1. The van der Waals surface area contributed by atoms with Crippen LogP contribution in [0, 0.1) is 5.92 Å². The largest absolute Gasteiger partial charge is 0.293 e. The van der Waals surface area contributed by atoms with Crippen LogP contribution in [0.2, 0.25) is 0 Å². The molecule has 0 aromatic heterocycles. The zero-order chi connectivity index (χ0) is 8.53. The first-order chi connectivity index (χ1) is 5.27. The second-order valence-corrected chi connectivity index (χ2v) is 3.12. The number of hydrogen-bond donors (Lipinski definition) is 0. The molecule has 0 saturated heterocycles. The summed E-state index contributed by atoms with van der Waals surface area (Å²) in [6.07, 6.45) is 8.47. The number of rotatable bonds is 5. The summed E-state index contributed by atoms with van der Waals surface area (Å²) in [6.45, 7) is 7.46. The third-order valence-electron chi connectivity index (χ3n) is 1.25. The Hall–Kier alpha value is -0.590. The van der Waals surface area contributed by atoms with Crippen molar-refractivity contribution in [1.82, 2.24) is 0 Å². The SMILES string of the molecule is CCC/C=C\C=NCC(C)C. The Morgan fingerprint density at radius 2 is 2.09 bits per heavy atom. The Kier molecular flexibility index (Phi) is 7.11. The van der Waals surface area contributed by atoms with Gasteiger partial charge in [0.2, 0.25) is 0 Å². The quantitative estimate of drug-likeness (QED) is 0.538. The number of nitrogens with zero attached hydrogens (tertiary/aromatic N) is 1. The second-order valence-electron chi connectivity index (χ2n) is 3.12. The average Bonchev–Trinajstić information content (AvgIpc) is 1.96. The third-order valence-corrected chi connectivity index (χ3v) is 1.25. The van der Waals surface area contributed by atoms with Gasteiger partial charge in [0.15, 0.2) is 0 Å². The van der Waals surface area contributed by atoms with Crippen LogP contribution in [0.1, 0.15) is 33.6 Å². The summed E-state index contributed by atoms with van der Waals surface area (Å²) in [5, 5.41) is 0. The van der Waals surface area contributed by atoms with Gasteiger partial charge in [0.05, 0.1) is 0 Å². The number of hydrogen-bond acceptors (Lipinski definition) is 1. The van der Waals surface area contributed by atoms with Crippen molar-refractivity contribution < 1.29 is 0 Å². The smallest absolute Gasteiger partial charge is 0.0412 e. The lowest BCUT2D eigenvalue weighted by atomic mass is 10.2. The Morgan fingerprint density at radius 3 is 2.64 bits per heavy atom. The summed E-state index contributed by atoms with van der Waals surface area (Å²) in [6, 6.07) is 0. The molecule has 0 radical (unpaired) electrons. The number of aliphatic imine (C=N–C) groups is 1. The van der Waals surface area contributed by atoms with Crippen LogP contribution in [0.25, 0.3) is 0 Å². The highest BCUT2D eigenvalue weighted by atomic mass is 14.7. The lowest BCUT2D eigenvalue weighted by Gasteiger charge is -1.94. The summed E-state index contributed by atoms with van der Waals surface area (Å²) in [5.74, 6) is 0.672. The van der Waals surface area contributed by atoms with Gasteiger partial charge in [0, 0.05) is 12.8 Å². The van der Waals surface area contributed by atoms with Crippen LogP contribution in [0.5, 0.6) is 0 Å². The molecular formula is C10H19N. The Morgan fingerprint density at radius 1 is 1.36 bits per heavy atom. The second kappa shape index (κ2) is 7.52. The van der Waals surface area contributed by atoms with Gasteiger partial charge in [0.1, 0.15) is 0 Å².